The predicted octanol–water partition coefficient (Wildman–Crippen LogP) is 2.00. The monoisotopic (exact) mass is 294 g/mol. The van der Waals surface area contributed by atoms with Gasteiger partial charge in [-0.05, 0) is 18.2 Å². The van der Waals surface area contributed by atoms with E-state index >= 15 is 0 Å². The van der Waals surface area contributed by atoms with Crippen molar-refractivity contribution in [1.29, 1.82) is 5.26 Å². The molecule has 0 fully saturated rings. The lowest BCUT2D eigenvalue weighted by Gasteiger charge is -2.06. The molecule has 0 saturated carbocycles. The summed E-state index contributed by atoms with van der Waals surface area (Å²) in [5.74, 6) is 0.237. The summed E-state index contributed by atoms with van der Waals surface area (Å²) in [5.41, 5.74) is 2.13. The fraction of sp³-hybridized carbons (Fsp3) is 0.167. The summed E-state index contributed by atoms with van der Waals surface area (Å²) in [6, 6.07) is 6.20. The van der Waals surface area contributed by atoms with E-state index in [0.29, 0.717) is 11.4 Å². The zero-order chi connectivity index (χ0) is 13.9. The average molecular weight is 294 g/mol. The fourth-order valence-corrected chi connectivity index (χ4v) is 3.66. The van der Waals surface area contributed by atoms with Crippen molar-refractivity contribution in [3.63, 3.8) is 0 Å². The topological polar surface area (TPSA) is 80.1 Å². The number of nitriles is 1. The lowest BCUT2D eigenvalue weighted by Crippen LogP contribution is -2.07. The van der Waals surface area contributed by atoms with Gasteiger partial charge in [0.25, 0.3) is 0 Å². The van der Waals surface area contributed by atoms with Gasteiger partial charge in [-0.3, -0.25) is 0 Å². The first-order chi connectivity index (χ1) is 9.06. The van der Waals surface area contributed by atoms with Crippen LogP contribution in [-0.4, -0.2) is 20.5 Å². The Hall–Kier alpha value is -1.91. The number of aromatic nitrogens is 1. The van der Waals surface area contributed by atoms with E-state index in [0.717, 1.165) is 0 Å². The van der Waals surface area contributed by atoms with E-state index in [2.05, 4.69) is 4.98 Å². The van der Waals surface area contributed by atoms with Crippen LogP contribution in [0.4, 0.5) is 0 Å². The molecular formula is C12H10N2O3S2. The highest BCUT2D eigenvalue weighted by molar-refractivity contribution is 7.90. The molecule has 0 aliphatic heterocycles. The van der Waals surface area contributed by atoms with Gasteiger partial charge in [0, 0.05) is 5.38 Å². The molecule has 2 rings (SSSR count). The molecule has 1 aromatic heterocycles. The molecule has 19 heavy (non-hydrogen) atoms. The Morgan fingerprint density at radius 1 is 1.47 bits per heavy atom. The summed E-state index contributed by atoms with van der Waals surface area (Å²) in [7, 11) is -2.13. The Labute approximate surface area is 115 Å². The van der Waals surface area contributed by atoms with E-state index in [9.17, 15) is 8.42 Å². The molecule has 0 N–H and O–H groups in total. The van der Waals surface area contributed by atoms with Gasteiger partial charge in [0.05, 0.1) is 34.5 Å². The van der Waals surface area contributed by atoms with E-state index in [4.69, 9.17) is 10.00 Å². The molecule has 1 aromatic carbocycles. The molecule has 1 heterocycles. The second kappa shape index (κ2) is 5.38. The van der Waals surface area contributed by atoms with Crippen molar-refractivity contribution < 1.29 is 13.2 Å². The van der Waals surface area contributed by atoms with E-state index in [1.165, 1.54) is 36.6 Å². The van der Waals surface area contributed by atoms with Gasteiger partial charge in [0.2, 0.25) is 0 Å². The number of sulfone groups is 1. The Morgan fingerprint density at radius 3 is 2.84 bits per heavy atom. The van der Waals surface area contributed by atoms with Crippen LogP contribution in [0.25, 0.3) is 0 Å². The molecular weight excluding hydrogens is 284 g/mol. The lowest BCUT2D eigenvalue weighted by atomic mass is 10.2. The molecule has 0 aliphatic rings. The van der Waals surface area contributed by atoms with Crippen LogP contribution < -0.4 is 4.74 Å². The zero-order valence-electron chi connectivity index (χ0n) is 10.0. The minimum Gasteiger partial charge on any atom is -0.497 e. The zero-order valence-corrected chi connectivity index (χ0v) is 11.7. The van der Waals surface area contributed by atoms with E-state index in [-0.39, 0.29) is 16.2 Å². The lowest BCUT2D eigenvalue weighted by molar-refractivity contribution is 0.414. The SMILES string of the molecule is COc1ccc(S(=O)(=O)Cc2cscn2)c(C#N)c1. The summed E-state index contributed by atoms with van der Waals surface area (Å²) >= 11 is 1.33. The normalized spacial score (nSPS) is 10.9. The first-order valence-electron chi connectivity index (χ1n) is 5.25. The highest BCUT2D eigenvalue weighted by Gasteiger charge is 2.20. The molecule has 7 heteroatoms. The van der Waals surface area contributed by atoms with Gasteiger partial charge in [-0.2, -0.15) is 5.26 Å². The van der Waals surface area contributed by atoms with E-state index < -0.39 is 9.84 Å². The standard InChI is InChI=1S/C12H10N2O3S2/c1-17-11-2-3-12(9(4-11)5-13)19(15,16)7-10-6-18-8-14-10/h2-4,6,8H,7H2,1H3. The molecule has 0 spiro atoms. The van der Waals surface area contributed by atoms with Crippen LogP contribution in [0.1, 0.15) is 11.3 Å². The van der Waals surface area contributed by atoms with Crippen molar-refractivity contribution >= 4 is 21.2 Å². The number of rotatable bonds is 4. The second-order valence-electron chi connectivity index (χ2n) is 3.71. The molecule has 0 bridgehead atoms. The molecule has 0 amide bonds. The third-order valence-electron chi connectivity index (χ3n) is 2.46. The van der Waals surface area contributed by atoms with Crippen molar-refractivity contribution in [3.8, 4) is 11.8 Å². The third kappa shape index (κ3) is 2.92. The van der Waals surface area contributed by atoms with Crippen LogP contribution in [0.3, 0.4) is 0 Å². The van der Waals surface area contributed by atoms with E-state index in [1.54, 1.807) is 10.9 Å². The molecule has 0 unspecified atom stereocenters. The maximum Gasteiger partial charge on any atom is 0.185 e. The van der Waals surface area contributed by atoms with Crippen molar-refractivity contribution in [2.45, 2.75) is 10.6 Å². The molecule has 2 aromatic rings. The van der Waals surface area contributed by atoms with Crippen molar-refractivity contribution in [3.05, 3.63) is 40.3 Å². The maximum atomic E-state index is 12.3. The van der Waals surface area contributed by atoms with Gasteiger partial charge in [-0.25, -0.2) is 13.4 Å². The summed E-state index contributed by atoms with van der Waals surface area (Å²) in [6.45, 7) is 0. The number of nitrogens with zero attached hydrogens (tertiary/aromatic N) is 2. The van der Waals surface area contributed by atoms with Crippen LogP contribution in [0.15, 0.2) is 34.0 Å². The van der Waals surface area contributed by atoms with Crippen LogP contribution in [-0.2, 0) is 15.6 Å². The van der Waals surface area contributed by atoms with Crippen molar-refractivity contribution in [2.24, 2.45) is 0 Å². The molecule has 5 nitrogen and oxygen atoms in total. The Kier molecular flexibility index (Phi) is 3.83. The van der Waals surface area contributed by atoms with E-state index in [1.807, 2.05) is 6.07 Å². The molecule has 0 aliphatic carbocycles. The van der Waals surface area contributed by atoms with Crippen LogP contribution in [0, 0.1) is 11.3 Å². The second-order valence-corrected chi connectivity index (χ2v) is 6.39. The molecule has 0 atom stereocenters. The minimum atomic E-state index is -3.58. The van der Waals surface area contributed by atoms with Crippen molar-refractivity contribution in [1.82, 2.24) is 4.98 Å². The molecule has 0 radical (unpaired) electrons. The van der Waals surface area contributed by atoms with Gasteiger partial charge >= 0.3 is 0 Å². The maximum absolute atomic E-state index is 12.3. The Balaban J connectivity index is 2.43. The fourth-order valence-electron chi connectivity index (χ4n) is 1.58. The molecule has 0 saturated heterocycles. The first kappa shape index (κ1) is 13.5. The number of hydrogen-bond acceptors (Lipinski definition) is 6. The minimum absolute atomic E-state index is 0.00352. The largest absolute Gasteiger partial charge is 0.497 e. The smallest absolute Gasteiger partial charge is 0.185 e. The average Bonchev–Trinajstić information content (AvgIpc) is 2.89. The Bertz CT molecular complexity index is 716. The highest BCUT2D eigenvalue weighted by atomic mass is 32.2. The van der Waals surface area contributed by atoms with Gasteiger partial charge in [0.1, 0.15) is 11.8 Å². The highest BCUT2D eigenvalue weighted by Crippen LogP contribution is 2.24. The van der Waals surface area contributed by atoms with Gasteiger partial charge < -0.3 is 4.74 Å². The quantitative estimate of drug-likeness (QED) is 0.861. The number of thiazole rings is 1. The molecule has 98 valence electrons. The van der Waals surface area contributed by atoms with Gasteiger partial charge in [-0.1, -0.05) is 0 Å². The van der Waals surface area contributed by atoms with Gasteiger partial charge in [-0.15, -0.1) is 11.3 Å². The van der Waals surface area contributed by atoms with Crippen LogP contribution in [0.5, 0.6) is 5.75 Å². The summed E-state index contributed by atoms with van der Waals surface area (Å²) < 4.78 is 29.5. The number of methoxy groups -OCH3 is 1. The number of benzene rings is 1. The summed E-state index contributed by atoms with van der Waals surface area (Å²) in [6.07, 6.45) is 0. The Morgan fingerprint density at radius 2 is 2.26 bits per heavy atom. The van der Waals surface area contributed by atoms with Crippen LogP contribution >= 0.6 is 11.3 Å². The summed E-state index contributed by atoms with van der Waals surface area (Å²) in [5, 5.41) is 10.7. The summed E-state index contributed by atoms with van der Waals surface area (Å²) in [4.78, 5) is 3.95. The predicted molar refractivity (Wildman–Crippen MR) is 70.7 cm³/mol. The van der Waals surface area contributed by atoms with Gasteiger partial charge in [0.15, 0.2) is 9.84 Å². The number of ether oxygens (including phenoxy) is 1. The van der Waals surface area contributed by atoms with Crippen molar-refractivity contribution in [2.75, 3.05) is 7.11 Å². The van der Waals surface area contributed by atoms with Crippen LogP contribution in [0.2, 0.25) is 0 Å². The first-order valence-corrected chi connectivity index (χ1v) is 7.84. The third-order valence-corrected chi connectivity index (χ3v) is 4.80. The number of hydrogen-bond donors (Lipinski definition) is 0.